The van der Waals surface area contributed by atoms with Crippen LogP contribution in [0.4, 0.5) is 0 Å². The molecule has 3 heteroatoms. The fourth-order valence-electron chi connectivity index (χ4n) is 2.55. The minimum atomic E-state index is -0.257. The third kappa shape index (κ3) is 3.55. The van der Waals surface area contributed by atoms with Crippen molar-refractivity contribution in [1.82, 2.24) is 5.32 Å². The molecule has 0 amide bonds. The van der Waals surface area contributed by atoms with Crippen LogP contribution >= 0.6 is 0 Å². The number of fused-ring (bicyclic) bond motifs is 1. The van der Waals surface area contributed by atoms with Crippen LogP contribution in [0.5, 0.6) is 0 Å². The number of hydrogen-bond donors (Lipinski definition) is 2. The highest BCUT2D eigenvalue weighted by Crippen LogP contribution is 2.26. The van der Waals surface area contributed by atoms with E-state index in [0.29, 0.717) is 6.04 Å². The van der Waals surface area contributed by atoms with Gasteiger partial charge in [-0.15, -0.1) is 0 Å². The molecule has 0 bridgehead atoms. The van der Waals surface area contributed by atoms with Gasteiger partial charge in [-0.2, -0.15) is 0 Å². The normalized spacial score (nSPS) is 22.3. The zero-order valence-electron chi connectivity index (χ0n) is 11.2. The number of nitrogens with one attached hydrogen (secondary N) is 1. The van der Waals surface area contributed by atoms with Gasteiger partial charge in [0.1, 0.15) is 0 Å². The topological polar surface area (TPSA) is 41.5 Å². The zero-order chi connectivity index (χ0) is 13.0. The van der Waals surface area contributed by atoms with Crippen molar-refractivity contribution in [2.24, 2.45) is 0 Å². The summed E-state index contributed by atoms with van der Waals surface area (Å²) in [6.07, 6.45) is 1.67. The Balaban J connectivity index is 1.91. The van der Waals surface area contributed by atoms with Crippen molar-refractivity contribution in [3.05, 3.63) is 35.4 Å². The van der Waals surface area contributed by atoms with E-state index in [1.807, 2.05) is 6.92 Å². The Morgan fingerprint density at radius 2 is 2.17 bits per heavy atom. The van der Waals surface area contributed by atoms with Crippen molar-refractivity contribution in [3.63, 3.8) is 0 Å². The lowest BCUT2D eigenvalue weighted by Crippen LogP contribution is -2.35. The van der Waals surface area contributed by atoms with Crippen molar-refractivity contribution in [2.45, 2.75) is 44.9 Å². The first-order chi connectivity index (χ1) is 8.66. The molecule has 2 N–H and O–H groups in total. The first kappa shape index (κ1) is 13.5. The molecule has 0 saturated heterocycles. The van der Waals surface area contributed by atoms with E-state index >= 15 is 0 Å². The van der Waals surface area contributed by atoms with Gasteiger partial charge in [0.25, 0.3) is 0 Å². The summed E-state index contributed by atoms with van der Waals surface area (Å²) in [6, 6.07) is 8.80. The van der Waals surface area contributed by atoms with E-state index in [2.05, 4.69) is 36.5 Å². The molecule has 0 saturated carbocycles. The number of ether oxygens (including phenoxy) is 1. The summed E-state index contributed by atoms with van der Waals surface area (Å²) in [6.45, 7) is 5.53. The van der Waals surface area contributed by atoms with Crippen LogP contribution in [0.2, 0.25) is 0 Å². The number of benzene rings is 1. The third-order valence-electron chi connectivity index (χ3n) is 3.44. The summed E-state index contributed by atoms with van der Waals surface area (Å²) in [7, 11) is 0. The summed E-state index contributed by atoms with van der Waals surface area (Å²) in [5.41, 5.74) is 2.71. The fourth-order valence-corrected chi connectivity index (χ4v) is 2.55. The summed E-state index contributed by atoms with van der Waals surface area (Å²) in [5, 5.41) is 12.8. The van der Waals surface area contributed by atoms with Crippen molar-refractivity contribution in [3.8, 4) is 0 Å². The van der Waals surface area contributed by atoms with Crippen molar-refractivity contribution < 1.29 is 9.84 Å². The quantitative estimate of drug-likeness (QED) is 0.839. The minimum absolute atomic E-state index is 0.145. The van der Waals surface area contributed by atoms with Gasteiger partial charge < -0.3 is 15.2 Å². The Bertz CT molecular complexity index is 379. The first-order valence-electron chi connectivity index (χ1n) is 6.77. The Morgan fingerprint density at radius 1 is 1.39 bits per heavy atom. The van der Waals surface area contributed by atoms with E-state index in [0.717, 1.165) is 26.0 Å². The van der Waals surface area contributed by atoms with E-state index in [4.69, 9.17) is 4.74 Å². The Kier molecular flexibility index (Phi) is 4.75. The van der Waals surface area contributed by atoms with E-state index in [9.17, 15) is 5.11 Å². The van der Waals surface area contributed by atoms with Crippen molar-refractivity contribution in [2.75, 3.05) is 13.2 Å². The van der Waals surface area contributed by atoms with Crippen LogP contribution in [0.25, 0.3) is 0 Å². The molecule has 18 heavy (non-hydrogen) atoms. The van der Waals surface area contributed by atoms with Crippen LogP contribution in [0.3, 0.4) is 0 Å². The maximum Gasteiger partial charge on any atom is 0.0952 e. The molecule has 1 aliphatic rings. The fraction of sp³-hybridized carbons (Fsp3) is 0.600. The molecule has 3 nitrogen and oxygen atoms in total. The van der Waals surface area contributed by atoms with Gasteiger partial charge >= 0.3 is 0 Å². The molecule has 0 aromatic heterocycles. The molecular weight excluding hydrogens is 226 g/mol. The molecule has 0 spiro atoms. The summed E-state index contributed by atoms with van der Waals surface area (Å²) in [5.74, 6) is 0. The summed E-state index contributed by atoms with van der Waals surface area (Å²) >= 11 is 0. The van der Waals surface area contributed by atoms with Gasteiger partial charge in [0, 0.05) is 12.6 Å². The van der Waals surface area contributed by atoms with E-state index in [1.165, 1.54) is 11.1 Å². The average molecular weight is 249 g/mol. The lowest BCUT2D eigenvalue weighted by atomic mass is 9.97. The van der Waals surface area contributed by atoms with Crippen LogP contribution in [-0.2, 0) is 11.2 Å². The van der Waals surface area contributed by atoms with Crippen LogP contribution < -0.4 is 5.32 Å². The molecular formula is C15H23NO2. The molecule has 1 aliphatic heterocycles. The standard InChI is InChI=1S/C15H23NO2/c1-11(9-12(2)17)16-10-15-14-6-4-3-5-13(14)7-8-18-15/h3-6,11-12,15-17H,7-10H2,1-2H3. The lowest BCUT2D eigenvalue weighted by molar-refractivity contribution is 0.0396. The number of hydrogen-bond acceptors (Lipinski definition) is 3. The van der Waals surface area contributed by atoms with E-state index in [-0.39, 0.29) is 12.2 Å². The maximum absolute atomic E-state index is 9.35. The maximum atomic E-state index is 9.35. The first-order valence-corrected chi connectivity index (χ1v) is 6.77. The largest absolute Gasteiger partial charge is 0.393 e. The lowest BCUT2D eigenvalue weighted by Gasteiger charge is -2.27. The van der Waals surface area contributed by atoms with Crippen molar-refractivity contribution in [1.29, 1.82) is 0 Å². The van der Waals surface area contributed by atoms with Crippen LogP contribution in [-0.4, -0.2) is 30.4 Å². The number of aliphatic hydroxyl groups is 1. The van der Waals surface area contributed by atoms with Crippen LogP contribution in [0.15, 0.2) is 24.3 Å². The summed E-state index contributed by atoms with van der Waals surface area (Å²) < 4.78 is 5.83. The zero-order valence-corrected chi connectivity index (χ0v) is 11.2. The molecule has 0 aliphatic carbocycles. The number of rotatable bonds is 5. The molecule has 1 aromatic rings. The van der Waals surface area contributed by atoms with Gasteiger partial charge in [-0.25, -0.2) is 0 Å². The molecule has 0 radical (unpaired) electrons. The van der Waals surface area contributed by atoms with Crippen LogP contribution in [0.1, 0.15) is 37.5 Å². The molecule has 3 unspecified atom stereocenters. The van der Waals surface area contributed by atoms with Gasteiger partial charge in [-0.05, 0) is 37.8 Å². The predicted octanol–water partition coefficient (Wildman–Crippen LogP) is 2.05. The van der Waals surface area contributed by atoms with Gasteiger partial charge in [-0.3, -0.25) is 0 Å². The second-order valence-electron chi connectivity index (χ2n) is 5.20. The molecule has 0 fully saturated rings. The highest BCUT2D eigenvalue weighted by Gasteiger charge is 2.20. The Morgan fingerprint density at radius 3 is 2.94 bits per heavy atom. The van der Waals surface area contributed by atoms with Gasteiger partial charge in [0.05, 0.1) is 18.8 Å². The third-order valence-corrected chi connectivity index (χ3v) is 3.44. The Hall–Kier alpha value is -0.900. The second kappa shape index (κ2) is 6.32. The minimum Gasteiger partial charge on any atom is -0.393 e. The number of aliphatic hydroxyl groups excluding tert-OH is 1. The summed E-state index contributed by atoms with van der Waals surface area (Å²) in [4.78, 5) is 0. The van der Waals surface area contributed by atoms with Gasteiger partial charge in [0.2, 0.25) is 0 Å². The molecule has 1 aromatic carbocycles. The average Bonchev–Trinajstić information content (AvgIpc) is 2.35. The highest BCUT2D eigenvalue weighted by molar-refractivity contribution is 5.31. The molecule has 2 rings (SSSR count). The predicted molar refractivity (Wildman–Crippen MR) is 72.6 cm³/mol. The van der Waals surface area contributed by atoms with Gasteiger partial charge in [0.15, 0.2) is 0 Å². The SMILES string of the molecule is CC(O)CC(C)NCC1OCCc2ccccc21. The monoisotopic (exact) mass is 249 g/mol. The highest BCUT2D eigenvalue weighted by atomic mass is 16.5. The van der Waals surface area contributed by atoms with E-state index < -0.39 is 0 Å². The van der Waals surface area contributed by atoms with Crippen LogP contribution in [0, 0.1) is 0 Å². The molecule has 1 heterocycles. The second-order valence-corrected chi connectivity index (χ2v) is 5.20. The molecule has 3 atom stereocenters. The van der Waals surface area contributed by atoms with Gasteiger partial charge in [-0.1, -0.05) is 24.3 Å². The smallest absolute Gasteiger partial charge is 0.0952 e. The van der Waals surface area contributed by atoms with E-state index in [1.54, 1.807) is 0 Å². The molecule has 100 valence electrons. The van der Waals surface area contributed by atoms with Crippen molar-refractivity contribution >= 4 is 0 Å². The Labute approximate surface area is 109 Å².